The number of nitro benzene ring substituents is 1. The van der Waals surface area contributed by atoms with Gasteiger partial charge in [0.25, 0.3) is 0 Å². The average Bonchev–Trinajstić information content (AvgIpc) is 2.81. The minimum Gasteiger partial charge on any atom is -0.490 e. The highest BCUT2D eigenvalue weighted by atomic mass is 16.6. The van der Waals surface area contributed by atoms with E-state index in [0.717, 1.165) is 11.5 Å². The van der Waals surface area contributed by atoms with Gasteiger partial charge < -0.3 is 25.0 Å². The first-order chi connectivity index (χ1) is 15.0. The zero-order chi connectivity index (χ0) is 22.4. The lowest BCUT2D eigenvalue weighted by atomic mass is 10.0. The Bertz CT molecular complexity index is 1000. The van der Waals surface area contributed by atoms with Crippen LogP contribution in [0.25, 0.3) is 5.57 Å². The standard InChI is InChI=1S/C20H25N7O4/c1-22-11-14(10-21)15-8-17(27(28)29)18(30-2)9-16(15)25-4-6-26(7-5-25)19-12-23-13-20(24-19)31-3/h8-13H,4-7,21H2,1-3H3. The number of hydrogen-bond donors (Lipinski definition) is 1. The summed E-state index contributed by atoms with van der Waals surface area (Å²) in [6.45, 7) is 2.69. The van der Waals surface area contributed by atoms with Gasteiger partial charge in [-0.05, 0) is 0 Å². The maximum Gasteiger partial charge on any atom is 0.311 e. The fourth-order valence-electron chi connectivity index (χ4n) is 3.46. The quantitative estimate of drug-likeness (QED) is 0.398. The largest absolute Gasteiger partial charge is 0.490 e. The van der Waals surface area contributed by atoms with Gasteiger partial charge in [-0.1, -0.05) is 0 Å². The number of methoxy groups -OCH3 is 2. The van der Waals surface area contributed by atoms with Crippen LogP contribution in [0, 0.1) is 10.1 Å². The van der Waals surface area contributed by atoms with Crippen LogP contribution in [-0.2, 0) is 0 Å². The lowest BCUT2D eigenvalue weighted by Crippen LogP contribution is -2.47. The molecule has 31 heavy (non-hydrogen) atoms. The summed E-state index contributed by atoms with van der Waals surface area (Å²) in [6, 6.07) is 3.16. The van der Waals surface area contributed by atoms with Crippen LogP contribution < -0.4 is 25.0 Å². The van der Waals surface area contributed by atoms with Gasteiger partial charge in [-0.2, -0.15) is 4.98 Å². The first kappa shape index (κ1) is 21.8. The van der Waals surface area contributed by atoms with E-state index in [1.165, 1.54) is 19.4 Å². The Hall–Kier alpha value is -3.89. The van der Waals surface area contributed by atoms with Crippen LogP contribution in [0.2, 0.25) is 0 Å². The van der Waals surface area contributed by atoms with Gasteiger partial charge in [0.15, 0.2) is 11.6 Å². The van der Waals surface area contributed by atoms with Crippen LogP contribution in [0.1, 0.15) is 5.56 Å². The third-order valence-electron chi connectivity index (χ3n) is 5.01. The fourth-order valence-corrected chi connectivity index (χ4v) is 3.46. The molecule has 11 heteroatoms. The molecule has 0 aliphatic carbocycles. The van der Waals surface area contributed by atoms with Gasteiger partial charge in [0, 0.05) is 74.6 Å². The van der Waals surface area contributed by atoms with Gasteiger partial charge in [0.2, 0.25) is 5.88 Å². The summed E-state index contributed by atoms with van der Waals surface area (Å²) in [5, 5.41) is 11.5. The second kappa shape index (κ2) is 9.74. The molecule has 11 nitrogen and oxygen atoms in total. The summed E-state index contributed by atoms with van der Waals surface area (Å²) in [6.07, 6.45) is 6.23. The summed E-state index contributed by atoms with van der Waals surface area (Å²) < 4.78 is 10.4. The van der Waals surface area contributed by atoms with Crippen molar-refractivity contribution in [3.05, 3.63) is 46.4 Å². The van der Waals surface area contributed by atoms with Crippen LogP contribution in [-0.4, -0.2) is 68.6 Å². The molecular weight excluding hydrogens is 402 g/mol. The predicted molar refractivity (Wildman–Crippen MR) is 119 cm³/mol. The highest BCUT2D eigenvalue weighted by Gasteiger charge is 2.26. The van der Waals surface area contributed by atoms with Gasteiger partial charge in [0.1, 0.15) is 0 Å². The van der Waals surface area contributed by atoms with Crippen LogP contribution in [0.5, 0.6) is 11.6 Å². The number of hydrogen-bond acceptors (Lipinski definition) is 10. The van der Waals surface area contributed by atoms with E-state index in [0.29, 0.717) is 43.2 Å². The highest BCUT2D eigenvalue weighted by Crippen LogP contribution is 2.38. The minimum absolute atomic E-state index is 0.129. The van der Waals surface area contributed by atoms with Crippen molar-refractivity contribution in [2.24, 2.45) is 10.7 Å². The smallest absolute Gasteiger partial charge is 0.311 e. The molecule has 1 saturated heterocycles. The van der Waals surface area contributed by atoms with Crippen LogP contribution in [0.4, 0.5) is 17.2 Å². The van der Waals surface area contributed by atoms with E-state index in [9.17, 15) is 10.1 Å². The van der Waals surface area contributed by atoms with E-state index in [2.05, 4.69) is 24.8 Å². The number of rotatable bonds is 7. The lowest BCUT2D eigenvalue weighted by Gasteiger charge is -2.37. The molecule has 1 fully saturated rings. The number of aromatic nitrogens is 2. The number of allylic oxidation sites excluding steroid dienone is 1. The van der Waals surface area contributed by atoms with E-state index in [4.69, 9.17) is 15.2 Å². The monoisotopic (exact) mass is 427 g/mol. The van der Waals surface area contributed by atoms with Crippen molar-refractivity contribution in [3.63, 3.8) is 0 Å². The molecule has 0 amide bonds. The number of ether oxygens (including phenoxy) is 2. The minimum atomic E-state index is -0.470. The van der Waals surface area contributed by atoms with E-state index in [1.807, 2.05) is 0 Å². The zero-order valence-corrected chi connectivity index (χ0v) is 17.7. The molecule has 0 unspecified atom stereocenters. The van der Waals surface area contributed by atoms with Crippen molar-refractivity contribution < 1.29 is 14.4 Å². The highest BCUT2D eigenvalue weighted by molar-refractivity contribution is 6.12. The van der Waals surface area contributed by atoms with Crippen molar-refractivity contribution in [1.29, 1.82) is 0 Å². The predicted octanol–water partition coefficient (Wildman–Crippen LogP) is 1.73. The molecule has 0 spiro atoms. The second-order valence-electron chi connectivity index (χ2n) is 6.70. The molecule has 0 bridgehead atoms. The van der Waals surface area contributed by atoms with Gasteiger partial charge in [-0.15, -0.1) is 0 Å². The average molecular weight is 427 g/mol. The van der Waals surface area contributed by atoms with Crippen molar-refractivity contribution >= 4 is 29.0 Å². The molecule has 164 valence electrons. The SMILES string of the molecule is CN=CC(=CN)c1cc([N+](=O)[O-])c(OC)cc1N1CCN(c2cncc(OC)n2)CC1. The number of nitrogens with zero attached hydrogens (tertiary/aromatic N) is 6. The maximum absolute atomic E-state index is 11.5. The normalized spacial score (nSPS) is 14.7. The number of anilines is 2. The lowest BCUT2D eigenvalue weighted by molar-refractivity contribution is -0.385. The third-order valence-corrected chi connectivity index (χ3v) is 5.01. The summed E-state index contributed by atoms with van der Waals surface area (Å²) in [4.78, 5) is 28.0. The second-order valence-corrected chi connectivity index (χ2v) is 6.70. The maximum atomic E-state index is 11.5. The Balaban J connectivity index is 1.93. The third kappa shape index (κ3) is 4.65. The number of benzene rings is 1. The Morgan fingerprint density at radius 1 is 1.19 bits per heavy atom. The van der Waals surface area contributed by atoms with E-state index in [1.54, 1.807) is 38.8 Å². The molecule has 0 atom stereocenters. The molecule has 2 heterocycles. The molecule has 3 rings (SSSR count). The Morgan fingerprint density at radius 3 is 2.48 bits per heavy atom. The van der Waals surface area contributed by atoms with E-state index in [-0.39, 0.29) is 11.4 Å². The number of nitro groups is 1. The van der Waals surface area contributed by atoms with Gasteiger partial charge in [-0.3, -0.25) is 20.1 Å². The van der Waals surface area contributed by atoms with Crippen molar-refractivity contribution in [2.45, 2.75) is 0 Å². The van der Waals surface area contributed by atoms with Gasteiger partial charge in [-0.25, -0.2) is 0 Å². The summed E-state index contributed by atoms with van der Waals surface area (Å²) in [7, 11) is 4.59. The van der Waals surface area contributed by atoms with Gasteiger partial charge in [0.05, 0.1) is 31.5 Å². The van der Waals surface area contributed by atoms with Gasteiger partial charge >= 0.3 is 5.69 Å². The Morgan fingerprint density at radius 2 is 1.90 bits per heavy atom. The summed E-state index contributed by atoms with van der Waals surface area (Å²) in [5.41, 5.74) is 7.67. The molecule has 1 aromatic carbocycles. The molecule has 0 saturated carbocycles. The van der Waals surface area contributed by atoms with E-state index >= 15 is 0 Å². The Kier molecular flexibility index (Phi) is 6.85. The van der Waals surface area contributed by atoms with Crippen LogP contribution in [0.15, 0.2) is 35.7 Å². The fraction of sp³-hybridized carbons (Fsp3) is 0.350. The van der Waals surface area contributed by atoms with Crippen molar-refractivity contribution in [1.82, 2.24) is 9.97 Å². The number of piperazine rings is 1. The molecule has 1 aliphatic heterocycles. The first-order valence-corrected chi connectivity index (χ1v) is 9.59. The molecule has 2 N–H and O–H groups in total. The topological polar surface area (TPSA) is 132 Å². The number of nitrogens with two attached hydrogens (primary N) is 1. The molecule has 1 aromatic heterocycles. The van der Waals surface area contributed by atoms with Crippen molar-refractivity contribution in [2.75, 3.05) is 57.2 Å². The van der Waals surface area contributed by atoms with Crippen LogP contribution in [0.3, 0.4) is 0 Å². The summed E-state index contributed by atoms with van der Waals surface area (Å²) in [5.74, 6) is 1.38. The summed E-state index contributed by atoms with van der Waals surface area (Å²) >= 11 is 0. The zero-order valence-electron chi connectivity index (χ0n) is 17.7. The van der Waals surface area contributed by atoms with Crippen LogP contribution >= 0.6 is 0 Å². The number of aliphatic imine (C=N–C) groups is 1. The molecule has 2 aromatic rings. The molecular formula is C20H25N7O4. The molecule has 1 aliphatic rings. The van der Waals surface area contributed by atoms with Crippen molar-refractivity contribution in [3.8, 4) is 11.6 Å². The molecule has 0 radical (unpaired) electrons. The Labute approximate surface area is 180 Å². The first-order valence-electron chi connectivity index (χ1n) is 9.59. The van der Waals surface area contributed by atoms with E-state index < -0.39 is 4.92 Å².